The smallest absolute Gasteiger partial charge is 0.265 e. The van der Waals surface area contributed by atoms with Gasteiger partial charge in [0.05, 0.1) is 12.2 Å². The molecule has 7 rings (SSSR count). The van der Waals surface area contributed by atoms with Gasteiger partial charge in [-0.25, -0.2) is 15.0 Å². The van der Waals surface area contributed by atoms with E-state index in [0.29, 0.717) is 52.1 Å². The van der Waals surface area contributed by atoms with Crippen LogP contribution in [0, 0.1) is 16.7 Å². The van der Waals surface area contributed by atoms with Crippen molar-refractivity contribution < 1.29 is 9.53 Å². The fourth-order valence-corrected chi connectivity index (χ4v) is 8.20. The minimum absolute atomic E-state index is 0.211. The normalized spacial score (nSPS) is 24.7. The second kappa shape index (κ2) is 10.3. The molecule has 4 bridgehead atoms. The Bertz CT molecular complexity index is 1470. The number of hydrogen-bond acceptors (Lipinski definition) is 9. The highest BCUT2D eigenvalue weighted by Crippen LogP contribution is 2.93. The minimum atomic E-state index is -0.226. The molecule has 220 valence electrons. The summed E-state index contributed by atoms with van der Waals surface area (Å²) in [4.78, 5) is 29.7. The van der Waals surface area contributed by atoms with Crippen molar-refractivity contribution >= 4 is 41.5 Å². The van der Waals surface area contributed by atoms with Crippen LogP contribution in [0.1, 0.15) is 69.2 Å². The van der Waals surface area contributed by atoms with Crippen molar-refractivity contribution in [2.45, 2.75) is 69.4 Å². The molecule has 3 aliphatic carbocycles. The molecule has 0 aromatic carbocycles. The number of anilines is 2. The van der Waals surface area contributed by atoms with Gasteiger partial charge in [-0.05, 0) is 99.8 Å². The average Bonchev–Trinajstić information content (AvgIpc) is 3.92. The zero-order valence-corrected chi connectivity index (χ0v) is 25.2. The van der Waals surface area contributed by atoms with E-state index in [1.807, 2.05) is 18.2 Å². The number of carbonyl (C=O) groups is 1. The van der Waals surface area contributed by atoms with Gasteiger partial charge >= 0.3 is 0 Å². The number of pyridine rings is 2. The van der Waals surface area contributed by atoms with Gasteiger partial charge in [0.1, 0.15) is 16.7 Å². The third-order valence-corrected chi connectivity index (χ3v) is 10.6. The fraction of sp³-hybridized carbons (Fsp3) is 0.500. The predicted molar refractivity (Wildman–Crippen MR) is 167 cm³/mol. The molecule has 5 aliphatic rings. The van der Waals surface area contributed by atoms with Gasteiger partial charge in [-0.3, -0.25) is 9.52 Å². The molecule has 4 N–H and O–H groups in total. The highest BCUT2D eigenvalue weighted by Gasteiger charge is 2.85. The van der Waals surface area contributed by atoms with E-state index in [2.05, 4.69) is 44.8 Å². The van der Waals surface area contributed by atoms with E-state index >= 15 is 0 Å². The molecule has 3 saturated carbocycles. The number of carbonyl (C=O) groups excluding carboxylic acids is 1. The molecule has 0 radical (unpaired) electrons. The molecule has 4 fully saturated rings. The molecular formula is C32H39N7O2S. The molecule has 0 unspecified atom stereocenters. The standard InChI is InChI=1S/C32H39N7O2S/c1-30(2)19-21-5-4-16-34-25-6-3-7-27(36-25)42-38-29(40)22-8-9-26(37-28(22)39(30)20-21)35-17-10-24(33)41-18-11-23-31(12-13-31)32(23)14-15-32/h3,5-10,17,23H,4,11-16,18-20,33H2,1-2H3,(H,34,36)(H,38,40)/b21-5+,24-10?,35-17?. The summed E-state index contributed by atoms with van der Waals surface area (Å²) in [7, 11) is 0. The van der Waals surface area contributed by atoms with Gasteiger partial charge in [-0.2, -0.15) is 0 Å². The molecule has 4 heterocycles. The van der Waals surface area contributed by atoms with Crippen molar-refractivity contribution in [1.29, 1.82) is 0 Å². The SMILES string of the molecule is CC1(C)C/C2=C\CCNc3cccc(n3)SNC(=O)c3ccc(N=CC=C(N)OCCC4C5(CC5)C45CC5)nc3N1C2. The lowest BCUT2D eigenvalue weighted by Gasteiger charge is -2.33. The molecular weight excluding hydrogens is 546 g/mol. The first-order valence-corrected chi connectivity index (χ1v) is 15.9. The molecule has 1 saturated heterocycles. The third-order valence-electron chi connectivity index (χ3n) is 9.91. The Morgan fingerprint density at radius 2 is 2.00 bits per heavy atom. The first kappa shape index (κ1) is 27.3. The van der Waals surface area contributed by atoms with E-state index in [1.54, 1.807) is 24.4 Å². The van der Waals surface area contributed by atoms with Gasteiger partial charge in [-0.15, -0.1) is 0 Å². The predicted octanol–water partition coefficient (Wildman–Crippen LogP) is 5.74. The van der Waals surface area contributed by atoms with Crippen molar-refractivity contribution in [3.63, 3.8) is 0 Å². The molecule has 9 nitrogen and oxygen atoms in total. The third kappa shape index (κ3) is 5.03. The summed E-state index contributed by atoms with van der Waals surface area (Å²) in [6.45, 7) is 6.53. The molecule has 42 heavy (non-hydrogen) atoms. The lowest BCUT2D eigenvalue weighted by Crippen LogP contribution is -2.40. The summed E-state index contributed by atoms with van der Waals surface area (Å²) in [6.07, 6.45) is 14.1. The Balaban J connectivity index is 1.08. The van der Waals surface area contributed by atoms with Crippen LogP contribution in [0.2, 0.25) is 0 Å². The van der Waals surface area contributed by atoms with Crippen LogP contribution < -0.4 is 20.7 Å². The van der Waals surface area contributed by atoms with Gasteiger partial charge in [-0.1, -0.05) is 17.7 Å². The number of allylic oxidation sites excluding steroid dienone is 1. The van der Waals surface area contributed by atoms with E-state index in [1.165, 1.54) is 43.2 Å². The van der Waals surface area contributed by atoms with Crippen molar-refractivity contribution in [2.24, 2.45) is 27.5 Å². The number of nitrogens with two attached hydrogens (primary N) is 1. The van der Waals surface area contributed by atoms with Crippen LogP contribution >= 0.6 is 11.9 Å². The molecule has 2 spiro atoms. The number of ether oxygens (including phenoxy) is 1. The van der Waals surface area contributed by atoms with E-state index in [9.17, 15) is 4.79 Å². The quantitative estimate of drug-likeness (QED) is 0.170. The lowest BCUT2D eigenvalue weighted by atomic mass is 9.99. The summed E-state index contributed by atoms with van der Waals surface area (Å²) in [5.74, 6) is 2.90. The maximum atomic E-state index is 13.4. The molecule has 10 heteroatoms. The Morgan fingerprint density at radius 1 is 1.19 bits per heavy atom. The molecule has 2 aliphatic heterocycles. The van der Waals surface area contributed by atoms with Crippen LogP contribution in [0.25, 0.3) is 0 Å². The van der Waals surface area contributed by atoms with E-state index in [-0.39, 0.29) is 11.4 Å². The number of amides is 1. The Kier molecular flexibility index (Phi) is 6.72. The minimum Gasteiger partial charge on any atom is -0.479 e. The number of nitrogens with zero attached hydrogens (tertiary/aromatic N) is 4. The Labute approximate surface area is 251 Å². The lowest BCUT2D eigenvalue weighted by molar-refractivity contribution is 0.0984. The van der Waals surface area contributed by atoms with E-state index < -0.39 is 0 Å². The molecule has 2 aromatic heterocycles. The number of aliphatic imine (C=N–C) groups is 1. The maximum absolute atomic E-state index is 13.4. The average molecular weight is 586 g/mol. The highest BCUT2D eigenvalue weighted by atomic mass is 32.2. The number of aromatic nitrogens is 2. The number of rotatable bonds is 6. The van der Waals surface area contributed by atoms with Gasteiger partial charge < -0.3 is 20.7 Å². The summed E-state index contributed by atoms with van der Waals surface area (Å²) in [5.41, 5.74) is 9.13. The summed E-state index contributed by atoms with van der Waals surface area (Å²) in [5, 5.41) is 4.09. The first-order chi connectivity index (χ1) is 20.3. The summed E-state index contributed by atoms with van der Waals surface area (Å²) in [6, 6.07) is 9.31. The van der Waals surface area contributed by atoms with Crippen LogP contribution in [0.3, 0.4) is 0 Å². The maximum Gasteiger partial charge on any atom is 0.265 e. The number of hydrogen-bond donors (Lipinski definition) is 3. The van der Waals surface area contributed by atoms with Gasteiger partial charge in [0.25, 0.3) is 5.91 Å². The zero-order valence-electron chi connectivity index (χ0n) is 24.4. The van der Waals surface area contributed by atoms with Crippen LogP contribution in [0.4, 0.5) is 17.5 Å². The van der Waals surface area contributed by atoms with Crippen molar-refractivity contribution in [1.82, 2.24) is 14.7 Å². The first-order valence-electron chi connectivity index (χ1n) is 15.1. The number of nitrogens with one attached hydrogen (secondary N) is 2. The molecule has 2 aromatic rings. The van der Waals surface area contributed by atoms with Crippen LogP contribution in [0.15, 0.2) is 64.0 Å². The second-order valence-corrected chi connectivity index (χ2v) is 13.8. The van der Waals surface area contributed by atoms with Gasteiger partial charge in [0, 0.05) is 42.9 Å². The van der Waals surface area contributed by atoms with Crippen LogP contribution in [-0.2, 0) is 4.74 Å². The Morgan fingerprint density at radius 3 is 2.79 bits per heavy atom. The molecule has 1 amide bonds. The van der Waals surface area contributed by atoms with Crippen molar-refractivity contribution in [3.8, 4) is 0 Å². The monoisotopic (exact) mass is 585 g/mol. The van der Waals surface area contributed by atoms with Gasteiger partial charge in [0.15, 0.2) is 11.7 Å². The van der Waals surface area contributed by atoms with Crippen molar-refractivity contribution in [2.75, 3.05) is 29.9 Å². The number of fused-ring (bicyclic) bond motifs is 7. The summed E-state index contributed by atoms with van der Waals surface area (Å²) < 4.78 is 8.77. The largest absolute Gasteiger partial charge is 0.479 e. The topological polar surface area (TPSA) is 118 Å². The molecule has 0 atom stereocenters. The van der Waals surface area contributed by atoms with Gasteiger partial charge in [0.2, 0.25) is 0 Å². The fourth-order valence-electron chi connectivity index (χ4n) is 7.60. The van der Waals surface area contributed by atoms with E-state index in [0.717, 1.165) is 37.5 Å². The van der Waals surface area contributed by atoms with Crippen molar-refractivity contribution in [3.05, 3.63) is 59.5 Å². The second-order valence-electron chi connectivity index (χ2n) is 12.9. The van der Waals surface area contributed by atoms with E-state index in [4.69, 9.17) is 15.5 Å². The summed E-state index contributed by atoms with van der Waals surface area (Å²) >= 11 is 1.20. The van der Waals surface area contributed by atoms with Crippen LogP contribution in [0.5, 0.6) is 0 Å². The van der Waals surface area contributed by atoms with Crippen LogP contribution in [-0.4, -0.2) is 47.3 Å². The highest BCUT2D eigenvalue weighted by molar-refractivity contribution is 7.97. The Hall–Kier alpha value is -3.53. The zero-order chi connectivity index (χ0) is 29.0.